The van der Waals surface area contributed by atoms with E-state index < -0.39 is 0 Å². The van der Waals surface area contributed by atoms with Crippen molar-refractivity contribution in [3.8, 4) is 5.75 Å². The van der Waals surface area contributed by atoms with Gasteiger partial charge < -0.3 is 15.2 Å². The van der Waals surface area contributed by atoms with Gasteiger partial charge in [-0.25, -0.2) is 4.39 Å². The molecular weight excluding hydrogens is 221 g/mol. The standard InChI is InChI=1S/C13H20FNO2/c1-2-17-13-7-6-11(10-12(13)14)15-8-4-3-5-9-16/h6-7,10,15-16H,2-5,8-9H2,1H3. The topological polar surface area (TPSA) is 41.5 Å². The van der Waals surface area contributed by atoms with Gasteiger partial charge in [0.05, 0.1) is 6.61 Å². The van der Waals surface area contributed by atoms with Crippen LogP contribution in [0, 0.1) is 5.82 Å². The van der Waals surface area contributed by atoms with Crippen LogP contribution in [0.2, 0.25) is 0 Å². The number of halogens is 1. The molecule has 0 aliphatic rings. The Morgan fingerprint density at radius 3 is 2.76 bits per heavy atom. The van der Waals surface area contributed by atoms with Crippen LogP contribution < -0.4 is 10.1 Å². The molecule has 2 N–H and O–H groups in total. The molecule has 0 aliphatic carbocycles. The summed E-state index contributed by atoms with van der Waals surface area (Å²) in [6, 6.07) is 4.88. The summed E-state index contributed by atoms with van der Waals surface area (Å²) in [5, 5.41) is 11.8. The second-order valence-corrected chi connectivity index (χ2v) is 3.79. The highest BCUT2D eigenvalue weighted by Gasteiger charge is 2.03. The zero-order chi connectivity index (χ0) is 12.5. The summed E-state index contributed by atoms with van der Waals surface area (Å²) < 4.78 is 18.6. The van der Waals surface area contributed by atoms with Crippen molar-refractivity contribution in [3.63, 3.8) is 0 Å². The number of aliphatic hydroxyl groups excluding tert-OH is 1. The fourth-order valence-corrected chi connectivity index (χ4v) is 1.53. The molecule has 0 bridgehead atoms. The molecule has 0 aromatic heterocycles. The van der Waals surface area contributed by atoms with Crippen molar-refractivity contribution in [1.82, 2.24) is 0 Å². The normalized spacial score (nSPS) is 10.3. The summed E-state index contributed by atoms with van der Waals surface area (Å²) >= 11 is 0. The Morgan fingerprint density at radius 2 is 2.12 bits per heavy atom. The van der Waals surface area contributed by atoms with Crippen LogP contribution in [0.4, 0.5) is 10.1 Å². The first-order valence-corrected chi connectivity index (χ1v) is 6.05. The smallest absolute Gasteiger partial charge is 0.167 e. The molecule has 0 spiro atoms. The van der Waals surface area contributed by atoms with E-state index in [2.05, 4.69) is 5.32 Å². The number of hydrogen-bond donors (Lipinski definition) is 2. The van der Waals surface area contributed by atoms with Gasteiger partial charge in [0.2, 0.25) is 0 Å². The van der Waals surface area contributed by atoms with Crippen molar-refractivity contribution in [2.75, 3.05) is 25.1 Å². The zero-order valence-corrected chi connectivity index (χ0v) is 10.2. The fraction of sp³-hybridized carbons (Fsp3) is 0.538. The summed E-state index contributed by atoms with van der Waals surface area (Å²) in [4.78, 5) is 0. The van der Waals surface area contributed by atoms with E-state index in [1.807, 2.05) is 6.92 Å². The molecule has 0 heterocycles. The largest absolute Gasteiger partial charge is 0.491 e. The zero-order valence-electron chi connectivity index (χ0n) is 10.2. The van der Waals surface area contributed by atoms with E-state index in [-0.39, 0.29) is 12.4 Å². The SMILES string of the molecule is CCOc1ccc(NCCCCCO)cc1F. The van der Waals surface area contributed by atoms with Gasteiger partial charge >= 0.3 is 0 Å². The third-order valence-electron chi connectivity index (χ3n) is 2.40. The van der Waals surface area contributed by atoms with Crippen LogP contribution in [-0.4, -0.2) is 24.9 Å². The number of aliphatic hydroxyl groups is 1. The van der Waals surface area contributed by atoms with Crippen LogP contribution in [0.25, 0.3) is 0 Å². The number of unbranched alkanes of at least 4 members (excludes halogenated alkanes) is 2. The third-order valence-corrected chi connectivity index (χ3v) is 2.40. The van der Waals surface area contributed by atoms with Crippen LogP contribution in [0.15, 0.2) is 18.2 Å². The Kier molecular flexibility index (Phi) is 6.40. The van der Waals surface area contributed by atoms with Crippen LogP contribution in [0.3, 0.4) is 0 Å². The van der Waals surface area contributed by atoms with E-state index in [0.29, 0.717) is 12.4 Å². The predicted octanol–water partition coefficient (Wildman–Crippen LogP) is 2.80. The van der Waals surface area contributed by atoms with Gasteiger partial charge in [-0.15, -0.1) is 0 Å². The second-order valence-electron chi connectivity index (χ2n) is 3.79. The van der Waals surface area contributed by atoms with Crippen molar-refractivity contribution in [3.05, 3.63) is 24.0 Å². The van der Waals surface area contributed by atoms with Gasteiger partial charge in [-0.1, -0.05) is 0 Å². The third kappa shape index (κ3) is 5.04. The first-order valence-electron chi connectivity index (χ1n) is 6.05. The summed E-state index contributed by atoms with van der Waals surface area (Å²) in [6.07, 6.45) is 2.76. The maximum atomic E-state index is 13.5. The molecule has 0 atom stereocenters. The number of nitrogens with one attached hydrogen (secondary N) is 1. The van der Waals surface area contributed by atoms with Gasteiger partial charge in [0.25, 0.3) is 0 Å². The van der Waals surface area contributed by atoms with Crippen LogP contribution >= 0.6 is 0 Å². The molecule has 17 heavy (non-hydrogen) atoms. The molecule has 96 valence electrons. The molecule has 0 unspecified atom stereocenters. The molecular formula is C13H20FNO2. The number of rotatable bonds is 8. The van der Waals surface area contributed by atoms with Crippen LogP contribution in [0.1, 0.15) is 26.2 Å². The van der Waals surface area contributed by atoms with E-state index in [1.165, 1.54) is 6.07 Å². The highest BCUT2D eigenvalue weighted by Crippen LogP contribution is 2.21. The van der Waals surface area contributed by atoms with Crippen molar-refractivity contribution in [2.45, 2.75) is 26.2 Å². The average Bonchev–Trinajstić information content (AvgIpc) is 2.32. The molecule has 1 aromatic rings. The van der Waals surface area contributed by atoms with E-state index in [0.717, 1.165) is 31.5 Å². The highest BCUT2D eigenvalue weighted by atomic mass is 19.1. The van der Waals surface area contributed by atoms with Crippen molar-refractivity contribution in [2.24, 2.45) is 0 Å². The van der Waals surface area contributed by atoms with Gasteiger partial charge in [-0.3, -0.25) is 0 Å². The van der Waals surface area contributed by atoms with E-state index in [1.54, 1.807) is 12.1 Å². The summed E-state index contributed by atoms with van der Waals surface area (Å²) in [5.41, 5.74) is 0.759. The lowest BCUT2D eigenvalue weighted by molar-refractivity contribution is 0.283. The van der Waals surface area contributed by atoms with Crippen LogP contribution in [-0.2, 0) is 0 Å². The Labute approximate surface area is 102 Å². The lowest BCUT2D eigenvalue weighted by Gasteiger charge is -2.09. The number of benzene rings is 1. The maximum Gasteiger partial charge on any atom is 0.167 e. The molecule has 3 nitrogen and oxygen atoms in total. The Morgan fingerprint density at radius 1 is 1.29 bits per heavy atom. The Balaban J connectivity index is 2.36. The fourth-order valence-electron chi connectivity index (χ4n) is 1.53. The lowest BCUT2D eigenvalue weighted by atomic mass is 10.2. The van der Waals surface area contributed by atoms with E-state index in [4.69, 9.17) is 9.84 Å². The van der Waals surface area contributed by atoms with Gasteiger partial charge in [-0.05, 0) is 38.3 Å². The first kappa shape index (κ1) is 13.8. The van der Waals surface area contributed by atoms with Gasteiger partial charge in [0, 0.05) is 24.9 Å². The molecule has 1 aromatic carbocycles. The summed E-state index contributed by atoms with van der Waals surface area (Å²) in [6.45, 7) is 3.31. The molecule has 0 saturated carbocycles. The van der Waals surface area contributed by atoms with Gasteiger partial charge in [-0.2, -0.15) is 0 Å². The highest BCUT2D eigenvalue weighted by molar-refractivity contribution is 5.47. The molecule has 0 saturated heterocycles. The number of anilines is 1. The van der Waals surface area contributed by atoms with E-state index >= 15 is 0 Å². The first-order chi connectivity index (χ1) is 8.27. The summed E-state index contributed by atoms with van der Waals surface area (Å²) in [5.74, 6) is -0.0504. The molecule has 0 amide bonds. The lowest BCUT2D eigenvalue weighted by Crippen LogP contribution is -2.03. The minimum absolute atomic E-state index is 0.234. The quantitative estimate of drug-likeness (QED) is 0.688. The van der Waals surface area contributed by atoms with Crippen LogP contribution in [0.5, 0.6) is 5.75 Å². The number of hydrogen-bond acceptors (Lipinski definition) is 3. The summed E-state index contributed by atoms with van der Waals surface area (Å²) in [7, 11) is 0. The molecule has 4 heteroatoms. The minimum atomic E-state index is -0.341. The maximum absolute atomic E-state index is 13.5. The Hall–Kier alpha value is -1.29. The minimum Gasteiger partial charge on any atom is -0.491 e. The molecule has 1 rings (SSSR count). The van der Waals surface area contributed by atoms with Crippen molar-refractivity contribution >= 4 is 5.69 Å². The van der Waals surface area contributed by atoms with Gasteiger partial charge in [0.15, 0.2) is 11.6 Å². The van der Waals surface area contributed by atoms with Gasteiger partial charge in [0.1, 0.15) is 0 Å². The predicted molar refractivity (Wildman–Crippen MR) is 67.0 cm³/mol. The monoisotopic (exact) mass is 241 g/mol. The number of ether oxygens (including phenoxy) is 1. The Bertz CT molecular complexity index is 331. The molecule has 0 radical (unpaired) electrons. The average molecular weight is 241 g/mol. The van der Waals surface area contributed by atoms with Crippen molar-refractivity contribution in [1.29, 1.82) is 0 Å². The molecule has 0 fully saturated rings. The molecule has 0 aliphatic heterocycles. The van der Waals surface area contributed by atoms with Crippen molar-refractivity contribution < 1.29 is 14.2 Å². The second kappa shape index (κ2) is 7.90. The van der Waals surface area contributed by atoms with E-state index in [9.17, 15) is 4.39 Å².